The fourth-order valence-electron chi connectivity index (χ4n) is 4.83. The Morgan fingerprint density at radius 3 is 2.09 bits per heavy atom. The first kappa shape index (κ1) is 31.8. The number of benzene rings is 4. The number of sulfonamides is 1. The molecule has 0 aliphatic rings. The second-order valence-electron chi connectivity index (χ2n) is 10.5. The molecule has 2 amide bonds. The Labute approximate surface area is 259 Å². The predicted molar refractivity (Wildman–Crippen MR) is 172 cm³/mol. The van der Waals surface area contributed by atoms with E-state index < -0.39 is 28.5 Å². The molecule has 0 heterocycles. The molecule has 0 saturated heterocycles. The Morgan fingerprint density at radius 2 is 1.47 bits per heavy atom. The Morgan fingerprint density at radius 1 is 0.814 bits per heavy atom. The molecular formula is C34H36ClN3O4S. The van der Waals surface area contributed by atoms with Crippen molar-refractivity contribution in [3.8, 4) is 0 Å². The molecule has 0 aliphatic carbocycles. The lowest BCUT2D eigenvalue weighted by Crippen LogP contribution is -2.53. The van der Waals surface area contributed by atoms with Crippen LogP contribution in [0.3, 0.4) is 0 Å². The lowest BCUT2D eigenvalue weighted by molar-refractivity contribution is -0.139. The van der Waals surface area contributed by atoms with Crippen LogP contribution in [0.1, 0.15) is 27.8 Å². The third-order valence-electron chi connectivity index (χ3n) is 7.58. The maximum Gasteiger partial charge on any atom is 0.264 e. The van der Waals surface area contributed by atoms with E-state index in [1.54, 1.807) is 12.1 Å². The van der Waals surface area contributed by atoms with Crippen LogP contribution in [0.4, 0.5) is 5.69 Å². The molecule has 1 atom stereocenters. The molecule has 0 saturated carbocycles. The molecule has 0 fully saturated rings. The molecule has 0 unspecified atom stereocenters. The van der Waals surface area contributed by atoms with Gasteiger partial charge in [0.1, 0.15) is 12.6 Å². The van der Waals surface area contributed by atoms with Gasteiger partial charge in [0, 0.05) is 25.0 Å². The highest BCUT2D eigenvalue weighted by Crippen LogP contribution is 2.28. The van der Waals surface area contributed by atoms with Crippen LogP contribution in [0.25, 0.3) is 0 Å². The summed E-state index contributed by atoms with van der Waals surface area (Å²) in [5.74, 6) is -0.854. The minimum atomic E-state index is -4.19. The van der Waals surface area contributed by atoms with Gasteiger partial charge in [0.25, 0.3) is 10.0 Å². The molecule has 7 nitrogen and oxygen atoms in total. The van der Waals surface area contributed by atoms with E-state index >= 15 is 0 Å². The molecule has 0 bridgehead atoms. The number of amides is 2. The van der Waals surface area contributed by atoms with Gasteiger partial charge < -0.3 is 10.2 Å². The zero-order chi connectivity index (χ0) is 31.1. The molecule has 0 aliphatic heterocycles. The Hall–Kier alpha value is -4.14. The van der Waals surface area contributed by atoms with Gasteiger partial charge in [0.15, 0.2) is 0 Å². The van der Waals surface area contributed by atoms with Gasteiger partial charge in [-0.15, -0.1) is 0 Å². The lowest BCUT2D eigenvalue weighted by Gasteiger charge is -2.34. The molecule has 4 rings (SSSR count). The van der Waals surface area contributed by atoms with E-state index in [2.05, 4.69) is 5.32 Å². The number of carbonyl (C=O) groups is 2. The predicted octanol–water partition coefficient (Wildman–Crippen LogP) is 5.85. The van der Waals surface area contributed by atoms with Crippen molar-refractivity contribution in [1.29, 1.82) is 0 Å². The maximum atomic E-state index is 14.4. The first-order valence-electron chi connectivity index (χ1n) is 14.0. The number of nitrogens with one attached hydrogen (secondary N) is 1. The van der Waals surface area contributed by atoms with Gasteiger partial charge in [0.2, 0.25) is 11.8 Å². The summed E-state index contributed by atoms with van der Waals surface area (Å²) in [5, 5.41) is 3.10. The Balaban J connectivity index is 1.81. The van der Waals surface area contributed by atoms with Crippen molar-refractivity contribution >= 4 is 39.1 Å². The van der Waals surface area contributed by atoms with E-state index in [9.17, 15) is 18.0 Å². The molecule has 4 aromatic rings. The highest BCUT2D eigenvalue weighted by atomic mass is 35.5. The van der Waals surface area contributed by atoms with Crippen molar-refractivity contribution < 1.29 is 18.0 Å². The zero-order valence-electron chi connectivity index (χ0n) is 24.7. The van der Waals surface area contributed by atoms with Crippen molar-refractivity contribution in [2.45, 2.75) is 44.7 Å². The molecule has 0 spiro atoms. The van der Waals surface area contributed by atoms with Crippen molar-refractivity contribution in [3.05, 3.63) is 130 Å². The topological polar surface area (TPSA) is 86.8 Å². The maximum absolute atomic E-state index is 14.4. The fraction of sp³-hybridized carbons (Fsp3) is 0.235. The van der Waals surface area contributed by atoms with Crippen molar-refractivity contribution in [2.75, 3.05) is 17.9 Å². The minimum absolute atomic E-state index is 0.000480. The minimum Gasteiger partial charge on any atom is -0.357 e. The molecular weight excluding hydrogens is 582 g/mol. The highest BCUT2D eigenvalue weighted by molar-refractivity contribution is 7.92. The van der Waals surface area contributed by atoms with Gasteiger partial charge in [0.05, 0.1) is 10.6 Å². The molecule has 43 heavy (non-hydrogen) atoms. The second kappa shape index (κ2) is 13.9. The van der Waals surface area contributed by atoms with E-state index in [0.717, 1.165) is 32.1 Å². The van der Waals surface area contributed by atoms with Crippen molar-refractivity contribution in [3.63, 3.8) is 0 Å². The van der Waals surface area contributed by atoms with Crippen LogP contribution in [-0.4, -0.2) is 44.8 Å². The number of nitrogens with zero attached hydrogens (tertiary/aromatic N) is 2. The largest absolute Gasteiger partial charge is 0.357 e. The summed E-state index contributed by atoms with van der Waals surface area (Å²) in [5.41, 5.74) is 4.90. The van der Waals surface area contributed by atoms with Gasteiger partial charge in [-0.05, 0) is 85.0 Å². The first-order valence-corrected chi connectivity index (χ1v) is 15.8. The number of rotatable bonds is 11. The Bertz CT molecular complexity index is 1690. The summed E-state index contributed by atoms with van der Waals surface area (Å²) in [7, 11) is -2.66. The van der Waals surface area contributed by atoms with E-state index in [-0.39, 0.29) is 23.8 Å². The van der Waals surface area contributed by atoms with Crippen LogP contribution in [0, 0.1) is 20.8 Å². The number of hydrogen-bond donors (Lipinski definition) is 1. The second-order valence-corrected chi connectivity index (χ2v) is 12.8. The van der Waals surface area contributed by atoms with E-state index in [4.69, 9.17) is 11.6 Å². The van der Waals surface area contributed by atoms with Crippen LogP contribution in [0.15, 0.2) is 102 Å². The van der Waals surface area contributed by atoms with Gasteiger partial charge in [-0.3, -0.25) is 13.9 Å². The number of hydrogen-bond acceptors (Lipinski definition) is 4. The third-order valence-corrected chi connectivity index (χ3v) is 9.62. The molecule has 1 N–H and O–H groups in total. The summed E-state index contributed by atoms with van der Waals surface area (Å²) >= 11 is 6.05. The summed E-state index contributed by atoms with van der Waals surface area (Å²) in [6.07, 6.45) is 0.256. The average molecular weight is 618 g/mol. The Kier molecular flexibility index (Phi) is 10.3. The average Bonchev–Trinajstić information content (AvgIpc) is 3.00. The normalized spacial score (nSPS) is 11.9. The number of halogens is 1. The summed E-state index contributed by atoms with van der Waals surface area (Å²) < 4.78 is 29.3. The SMILES string of the molecule is CNC(=O)[C@@H](Cc1ccccc1)N(Cc1ccccc1C)C(=O)CN(c1ccc(C)c(C)c1)S(=O)(=O)c1ccc(Cl)cc1. The summed E-state index contributed by atoms with van der Waals surface area (Å²) in [4.78, 5) is 29.3. The molecule has 224 valence electrons. The number of anilines is 1. The number of aryl methyl sites for hydroxylation is 3. The van der Waals surface area contributed by atoms with Gasteiger partial charge >= 0.3 is 0 Å². The standard InChI is InChI=1S/C34H36ClN3O4S/c1-24-14-17-30(20-26(24)3)38(43(41,42)31-18-15-29(35)16-19-31)23-33(39)37(22-28-13-9-8-10-25(28)2)32(34(40)36-4)21-27-11-6-5-7-12-27/h5-20,32H,21-23H2,1-4H3,(H,36,40)/t32-/m1/s1. The van der Waals surface area contributed by atoms with Crippen LogP contribution < -0.4 is 9.62 Å². The van der Waals surface area contributed by atoms with E-state index in [1.165, 1.54) is 36.2 Å². The number of carbonyl (C=O) groups excluding carboxylic acids is 2. The smallest absolute Gasteiger partial charge is 0.264 e. The van der Waals surface area contributed by atoms with E-state index in [1.807, 2.05) is 81.4 Å². The zero-order valence-corrected chi connectivity index (χ0v) is 26.3. The molecule has 0 radical (unpaired) electrons. The van der Waals surface area contributed by atoms with Crippen LogP contribution in [-0.2, 0) is 32.6 Å². The van der Waals surface area contributed by atoms with Gasteiger partial charge in [-0.2, -0.15) is 0 Å². The third kappa shape index (κ3) is 7.63. The van der Waals surface area contributed by atoms with E-state index in [0.29, 0.717) is 10.7 Å². The highest BCUT2D eigenvalue weighted by Gasteiger charge is 2.34. The summed E-state index contributed by atoms with van der Waals surface area (Å²) in [6.45, 7) is 5.37. The lowest BCUT2D eigenvalue weighted by atomic mass is 10.0. The molecule has 4 aromatic carbocycles. The molecule has 0 aromatic heterocycles. The number of likely N-dealkylation sites (N-methyl/N-ethyl adjacent to an activating group) is 1. The monoisotopic (exact) mass is 617 g/mol. The van der Waals surface area contributed by atoms with Gasteiger partial charge in [-0.1, -0.05) is 72.3 Å². The van der Waals surface area contributed by atoms with Crippen molar-refractivity contribution in [2.24, 2.45) is 0 Å². The van der Waals surface area contributed by atoms with Crippen LogP contribution in [0.2, 0.25) is 5.02 Å². The fourth-order valence-corrected chi connectivity index (χ4v) is 6.37. The van der Waals surface area contributed by atoms with Crippen LogP contribution >= 0.6 is 11.6 Å². The molecule has 9 heteroatoms. The quantitative estimate of drug-likeness (QED) is 0.229. The first-order chi connectivity index (χ1) is 20.5. The van der Waals surface area contributed by atoms with Crippen LogP contribution in [0.5, 0.6) is 0 Å². The van der Waals surface area contributed by atoms with Gasteiger partial charge in [-0.25, -0.2) is 8.42 Å². The summed E-state index contributed by atoms with van der Waals surface area (Å²) in [6, 6.07) is 27.3. The van der Waals surface area contributed by atoms with Crippen molar-refractivity contribution in [1.82, 2.24) is 10.2 Å².